The van der Waals surface area contributed by atoms with Gasteiger partial charge in [0.2, 0.25) is 5.88 Å². The minimum atomic E-state index is -4.47. The lowest BCUT2D eigenvalue weighted by Crippen LogP contribution is -2.32. The van der Waals surface area contributed by atoms with Crippen molar-refractivity contribution >= 4 is 56.5 Å². The highest BCUT2D eigenvalue weighted by Gasteiger charge is 2.31. The molecule has 0 spiro atoms. The first-order valence-electron chi connectivity index (χ1n) is 9.50. The zero-order valence-corrected chi connectivity index (χ0v) is 21.1. The molecule has 0 aliphatic rings. The number of rotatable bonds is 9. The van der Waals surface area contributed by atoms with Crippen molar-refractivity contribution in [1.82, 2.24) is 9.88 Å². The van der Waals surface area contributed by atoms with Crippen LogP contribution in [0.1, 0.15) is 25.8 Å². The molecule has 0 unspecified atom stereocenters. The Balaban J connectivity index is 1.87. The smallest absolute Gasteiger partial charge is 0.417 e. The summed E-state index contributed by atoms with van der Waals surface area (Å²) in [6.45, 7) is 5.71. The SMILES string of the molecule is CCN(CC)C(=S)Oc1cc(Cl)c(OCCCOc2ncc(C(F)(F)F)cc2Br)c(Cl)c1. The Kier molecular flexibility index (Phi) is 10.1. The second-order valence-corrected chi connectivity index (χ2v) is 8.33. The Bertz CT molecular complexity index is 924. The molecule has 0 bridgehead atoms. The summed E-state index contributed by atoms with van der Waals surface area (Å²) in [6.07, 6.45) is -3.35. The van der Waals surface area contributed by atoms with Gasteiger partial charge in [-0.3, -0.25) is 0 Å². The number of ether oxygens (including phenoxy) is 3. The lowest BCUT2D eigenvalue weighted by atomic mass is 10.3. The number of pyridine rings is 1. The Labute approximate surface area is 207 Å². The van der Waals surface area contributed by atoms with E-state index in [1.54, 1.807) is 12.1 Å². The van der Waals surface area contributed by atoms with E-state index in [1.807, 2.05) is 18.7 Å². The second-order valence-electron chi connectivity index (χ2n) is 6.32. The molecule has 2 aromatic rings. The average molecular weight is 576 g/mol. The van der Waals surface area contributed by atoms with Crippen molar-refractivity contribution < 1.29 is 27.4 Å². The first-order valence-corrected chi connectivity index (χ1v) is 11.5. The third-order valence-corrected chi connectivity index (χ3v) is 5.58. The molecule has 0 N–H and O–H groups in total. The van der Waals surface area contributed by atoms with E-state index in [0.717, 1.165) is 6.07 Å². The molecule has 1 aromatic heterocycles. The van der Waals surface area contributed by atoms with Crippen LogP contribution in [0, 0.1) is 0 Å². The molecular weight excluding hydrogens is 556 g/mol. The average Bonchev–Trinajstić information content (AvgIpc) is 2.70. The van der Waals surface area contributed by atoms with Crippen LogP contribution in [0.3, 0.4) is 0 Å². The molecule has 0 aliphatic heterocycles. The molecule has 0 aliphatic carbocycles. The number of hydrogen-bond donors (Lipinski definition) is 0. The van der Waals surface area contributed by atoms with Crippen LogP contribution < -0.4 is 14.2 Å². The molecule has 1 aromatic carbocycles. The van der Waals surface area contributed by atoms with Crippen LogP contribution in [0.5, 0.6) is 17.4 Å². The summed E-state index contributed by atoms with van der Waals surface area (Å²) < 4.78 is 54.8. The number of alkyl halides is 3. The van der Waals surface area contributed by atoms with Crippen LogP contribution in [0.15, 0.2) is 28.9 Å². The highest BCUT2D eigenvalue weighted by molar-refractivity contribution is 9.10. The van der Waals surface area contributed by atoms with Crippen molar-refractivity contribution in [2.24, 2.45) is 0 Å². The first kappa shape index (κ1) is 26.8. The number of benzene rings is 1. The van der Waals surface area contributed by atoms with Gasteiger partial charge in [-0.25, -0.2) is 4.98 Å². The summed E-state index contributed by atoms with van der Waals surface area (Å²) in [5.41, 5.74) is -0.866. The number of aromatic nitrogens is 1. The molecule has 176 valence electrons. The standard InChI is InChI=1S/C20H20BrCl2F3N2O3S/c1-3-28(4-2)19(32)31-13-9-15(22)17(16(23)10-13)29-6-5-7-30-18-14(21)8-12(11-27-18)20(24,25)26/h8-11H,3-7H2,1-2H3. The molecular formula is C20H20BrCl2F3N2O3S. The van der Waals surface area contributed by atoms with Gasteiger partial charge in [-0.05, 0) is 48.1 Å². The fourth-order valence-electron chi connectivity index (χ4n) is 2.47. The third kappa shape index (κ3) is 7.54. The van der Waals surface area contributed by atoms with Gasteiger partial charge in [0, 0.05) is 37.8 Å². The predicted octanol–water partition coefficient (Wildman–Crippen LogP) is 7.02. The van der Waals surface area contributed by atoms with Crippen molar-refractivity contribution in [3.63, 3.8) is 0 Å². The van der Waals surface area contributed by atoms with Crippen LogP contribution in [0.4, 0.5) is 13.2 Å². The fourth-order valence-corrected chi connectivity index (χ4v) is 3.86. The van der Waals surface area contributed by atoms with Gasteiger partial charge >= 0.3 is 6.18 Å². The maximum atomic E-state index is 12.7. The number of thiocarbonyl (C=S) groups is 1. The lowest BCUT2D eigenvalue weighted by molar-refractivity contribution is -0.137. The van der Waals surface area contributed by atoms with Gasteiger partial charge in [-0.2, -0.15) is 13.2 Å². The van der Waals surface area contributed by atoms with Gasteiger partial charge in [0.15, 0.2) is 5.75 Å². The molecule has 0 atom stereocenters. The quantitative estimate of drug-likeness (QED) is 0.236. The summed E-state index contributed by atoms with van der Waals surface area (Å²) in [5, 5.41) is 0.821. The third-order valence-electron chi connectivity index (χ3n) is 4.11. The summed E-state index contributed by atoms with van der Waals surface area (Å²) in [5.74, 6) is 0.730. The van der Waals surface area contributed by atoms with Gasteiger partial charge in [-0.1, -0.05) is 23.2 Å². The van der Waals surface area contributed by atoms with Gasteiger partial charge in [0.1, 0.15) is 5.75 Å². The monoisotopic (exact) mass is 574 g/mol. The van der Waals surface area contributed by atoms with E-state index in [0.29, 0.717) is 36.6 Å². The molecule has 12 heteroatoms. The topological polar surface area (TPSA) is 43.8 Å². The van der Waals surface area contributed by atoms with Crippen molar-refractivity contribution in [2.75, 3.05) is 26.3 Å². The highest BCUT2D eigenvalue weighted by Crippen LogP contribution is 2.37. The Hall–Kier alpha value is -1.49. The van der Waals surface area contributed by atoms with Crippen molar-refractivity contribution in [2.45, 2.75) is 26.4 Å². The lowest BCUT2D eigenvalue weighted by Gasteiger charge is -2.21. The second kappa shape index (κ2) is 12.1. The van der Waals surface area contributed by atoms with Gasteiger partial charge in [0.25, 0.3) is 5.17 Å². The van der Waals surface area contributed by atoms with E-state index < -0.39 is 11.7 Å². The van der Waals surface area contributed by atoms with E-state index in [4.69, 9.17) is 49.6 Å². The highest BCUT2D eigenvalue weighted by atomic mass is 79.9. The van der Waals surface area contributed by atoms with Gasteiger partial charge in [-0.15, -0.1) is 0 Å². The minimum absolute atomic E-state index is 0.0553. The van der Waals surface area contributed by atoms with Gasteiger partial charge < -0.3 is 19.1 Å². The summed E-state index contributed by atoms with van der Waals surface area (Å²) in [6, 6.07) is 4.02. The van der Waals surface area contributed by atoms with Crippen LogP contribution in [-0.2, 0) is 6.18 Å². The number of hydrogen-bond acceptors (Lipinski definition) is 5. The fraction of sp³-hybridized carbons (Fsp3) is 0.400. The Morgan fingerprint density at radius 2 is 1.69 bits per heavy atom. The van der Waals surface area contributed by atoms with E-state index >= 15 is 0 Å². The molecule has 0 fully saturated rings. The van der Waals surface area contributed by atoms with Crippen molar-refractivity contribution in [3.8, 4) is 17.4 Å². The molecule has 0 saturated carbocycles. The van der Waals surface area contributed by atoms with Crippen LogP contribution in [0.25, 0.3) is 0 Å². The molecule has 32 heavy (non-hydrogen) atoms. The van der Waals surface area contributed by atoms with Crippen LogP contribution >= 0.6 is 51.3 Å². The Morgan fingerprint density at radius 1 is 1.09 bits per heavy atom. The summed E-state index contributed by atoms with van der Waals surface area (Å²) in [4.78, 5) is 5.55. The predicted molar refractivity (Wildman–Crippen MR) is 125 cm³/mol. The number of nitrogens with zero attached hydrogens (tertiary/aromatic N) is 2. The molecule has 5 nitrogen and oxygen atoms in total. The summed E-state index contributed by atoms with van der Waals surface area (Å²) >= 11 is 20.8. The maximum absolute atomic E-state index is 12.7. The van der Waals surface area contributed by atoms with Crippen LogP contribution in [0.2, 0.25) is 10.0 Å². The first-order chi connectivity index (χ1) is 15.1. The van der Waals surface area contributed by atoms with Crippen molar-refractivity contribution in [3.05, 3.63) is 44.5 Å². The van der Waals surface area contributed by atoms with E-state index in [-0.39, 0.29) is 39.4 Å². The van der Waals surface area contributed by atoms with E-state index in [2.05, 4.69) is 20.9 Å². The molecule has 0 radical (unpaired) electrons. The van der Waals surface area contributed by atoms with Crippen molar-refractivity contribution in [1.29, 1.82) is 0 Å². The summed E-state index contributed by atoms with van der Waals surface area (Å²) in [7, 11) is 0. The Morgan fingerprint density at radius 3 is 2.22 bits per heavy atom. The molecule has 1 heterocycles. The van der Waals surface area contributed by atoms with E-state index in [9.17, 15) is 13.2 Å². The number of halogens is 6. The van der Waals surface area contributed by atoms with E-state index in [1.165, 1.54) is 0 Å². The largest absolute Gasteiger partial charge is 0.490 e. The normalized spacial score (nSPS) is 11.2. The van der Waals surface area contributed by atoms with Crippen LogP contribution in [-0.4, -0.2) is 41.4 Å². The minimum Gasteiger partial charge on any atom is -0.490 e. The zero-order chi connectivity index (χ0) is 23.9. The molecule has 0 saturated heterocycles. The molecule has 2 rings (SSSR count). The van der Waals surface area contributed by atoms with Gasteiger partial charge in [0.05, 0.1) is 33.3 Å². The molecule has 0 amide bonds. The zero-order valence-electron chi connectivity index (χ0n) is 17.1. The maximum Gasteiger partial charge on any atom is 0.417 e.